The molecule has 3 N–H and O–H groups in total. The molecule has 1 saturated heterocycles. The first-order valence-corrected chi connectivity index (χ1v) is 11.2. The number of rotatable bonds is 5. The highest BCUT2D eigenvalue weighted by Crippen LogP contribution is 2.25. The normalized spacial score (nSPS) is 19.1. The zero-order valence-corrected chi connectivity index (χ0v) is 18.3. The fourth-order valence-corrected chi connectivity index (χ4v) is 4.50. The van der Waals surface area contributed by atoms with Gasteiger partial charge >= 0.3 is 0 Å². The van der Waals surface area contributed by atoms with Gasteiger partial charge in [-0.3, -0.25) is 4.79 Å². The molecule has 1 aromatic heterocycles. The van der Waals surface area contributed by atoms with Crippen LogP contribution in [-0.2, 0) is 24.3 Å². The second-order valence-corrected chi connectivity index (χ2v) is 8.28. The Kier molecular flexibility index (Phi) is 6.70. The number of nitrogens with one attached hydrogen (secondary N) is 1. The van der Waals surface area contributed by atoms with Gasteiger partial charge in [-0.05, 0) is 43.4 Å². The summed E-state index contributed by atoms with van der Waals surface area (Å²) in [6, 6.07) is 12.7. The van der Waals surface area contributed by atoms with Crippen LogP contribution in [0.2, 0.25) is 0 Å². The van der Waals surface area contributed by atoms with Crippen LogP contribution in [0.5, 0.6) is 0 Å². The van der Waals surface area contributed by atoms with Crippen LogP contribution in [0.15, 0.2) is 47.6 Å². The monoisotopic (exact) mass is 420 g/mol. The number of carbonyl (C=O) groups excluding carboxylic acids is 1. The Bertz CT molecular complexity index is 943. The lowest BCUT2D eigenvalue weighted by atomic mass is 9.97. The molecule has 1 atom stereocenters. The average Bonchev–Trinajstić information content (AvgIpc) is 2.81. The van der Waals surface area contributed by atoms with Gasteiger partial charge in [-0.25, -0.2) is 9.98 Å². The maximum Gasteiger partial charge on any atom is 0.222 e. The summed E-state index contributed by atoms with van der Waals surface area (Å²) in [5.41, 5.74) is 9.44. The van der Waals surface area contributed by atoms with E-state index in [0.29, 0.717) is 13.1 Å². The molecule has 1 fully saturated rings. The molecular weight excluding hydrogens is 388 g/mol. The summed E-state index contributed by atoms with van der Waals surface area (Å²) in [5.74, 6) is 1.51. The third-order valence-electron chi connectivity index (χ3n) is 6.16. The van der Waals surface area contributed by atoms with E-state index in [4.69, 9.17) is 10.7 Å². The van der Waals surface area contributed by atoms with Crippen molar-refractivity contribution in [3.63, 3.8) is 0 Å². The van der Waals surface area contributed by atoms with Gasteiger partial charge in [-0.2, -0.15) is 0 Å². The van der Waals surface area contributed by atoms with E-state index in [1.807, 2.05) is 12.3 Å². The number of nitrogens with two attached hydrogens (primary N) is 1. The molecule has 2 aromatic rings. The van der Waals surface area contributed by atoms with Crippen molar-refractivity contribution < 1.29 is 4.79 Å². The van der Waals surface area contributed by atoms with Crippen molar-refractivity contribution in [1.29, 1.82) is 0 Å². The number of fused-ring (bicyclic) bond motifs is 1. The fraction of sp³-hybridized carbons (Fsp3) is 0.458. The number of benzene rings is 1. The van der Waals surface area contributed by atoms with E-state index in [-0.39, 0.29) is 11.8 Å². The molecule has 0 aliphatic carbocycles. The lowest BCUT2D eigenvalue weighted by Crippen LogP contribution is -2.44. The molecule has 7 nitrogen and oxygen atoms in total. The molecule has 2 aliphatic rings. The highest BCUT2D eigenvalue weighted by atomic mass is 16.1. The predicted molar refractivity (Wildman–Crippen MR) is 124 cm³/mol. The Morgan fingerprint density at radius 1 is 1.23 bits per heavy atom. The number of piperidine rings is 1. The Morgan fingerprint density at radius 3 is 2.87 bits per heavy atom. The standard InChI is InChI=1S/C24H32N6O/c1-2-26-24(30-14-11-18-7-3-4-8-20(18)16-30)28-15-19-9-5-12-27-23(19)29-13-6-10-21(17-29)22(25)31/h3-5,7-9,12,21H,2,6,10-11,13-17H2,1H3,(H2,25,31)(H,26,28). The lowest BCUT2D eigenvalue weighted by Gasteiger charge is -2.33. The second kappa shape index (κ2) is 9.81. The van der Waals surface area contributed by atoms with Crippen molar-refractivity contribution in [2.75, 3.05) is 31.1 Å². The molecule has 164 valence electrons. The van der Waals surface area contributed by atoms with E-state index in [0.717, 1.165) is 62.8 Å². The zero-order valence-electron chi connectivity index (χ0n) is 18.3. The minimum atomic E-state index is -0.222. The van der Waals surface area contributed by atoms with Gasteiger partial charge in [0.05, 0.1) is 12.5 Å². The van der Waals surface area contributed by atoms with E-state index >= 15 is 0 Å². The topological polar surface area (TPSA) is 86.9 Å². The van der Waals surface area contributed by atoms with Crippen molar-refractivity contribution in [3.8, 4) is 0 Å². The van der Waals surface area contributed by atoms with Crippen molar-refractivity contribution in [1.82, 2.24) is 15.2 Å². The molecule has 1 aromatic carbocycles. The van der Waals surface area contributed by atoms with Crippen LogP contribution in [0.4, 0.5) is 5.82 Å². The van der Waals surface area contributed by atoms with Crippen LogP contribution in [0, 0.1) is 5.92 Å². The molecule has 1 unspecified atom stereocenters. The van der Waals surface area contributed by atoms with Crippen molar-refractivity contribution in [2.24, 2.45) is 16.6 Å². The van der Waals surface area contributed by atoms with Gasteiger partial charge < -0.3 is 20.9 Å². The van der Waals surface area contributed by atoms with Crippen molar-refractivity contribution >= 4 is 17.7 Å². The Balaban J connectivity index is 1.52. The first kappa shape index (κ1) is 21.2. The van der Waals surface area contributed by atoms with E-state index in [1.54, 1.807) is 0 Å². The Hall–Kier alpha value is -3.09. The summed E-state index contributed by atoms with van der Waals surface area (Å²) < 4.78 is 0. The first-order chi connectivity index (χ1) is 15.2. The number of aromatic nitrogens is 1. The third kappa shape index (κ3) is 4.98. The number of amides is 1. The molecule has 0 bridgehead atoms. The smallest absolute Gasteiger partial charge is 0.222 e. The highest BCUT2D eigenvalue weighted by molar-refractivity contribution is 5.80. The Labute approximate surface area is 184 Å². The van der Waals surface area contributed by atoms with Crippen LogP contribution < -0.4 is 16.0 Å². The number of nitrogens with zero attached hydrogens (tertiary/aromatic N) is 4. The molecular formula is C24H32N6O. The van der Waals surface area contributed by atoms with Gasteiger partial charge in [0.25, 0.3) is 0 Å². The van der Waals surface area contributed by atoms with Crippen LogP contribution in [0.3, 0.4) is 0 Å². The molecule has 31 heavy (non-hydrogen) atoms. The molecule has 3 heterocycles. The summed E-state index contributed by atoms with van der Waals surface area (Å²) in [4.78, 5) is 25.8. The highest BCUT2D eigenvalue weighted by Gasteiger charge is 2.26. The lowest BCUT2D eigenvalue weighted by molar-refractivity contribution is -0.122. The van der Waals surface area contributed by atoms with Crippen molar-refractivity contribution in [3.05, 3.63) is 59.3 Å². The molecule has 0 radical (unpaired) electrons. The summed E-state index contributed by atoms with van der Waals surface area (Å²) in [7, 11) is 0. The predicted octanol–water partition coefficient (Wildman–Crippen LogP) is 2.31. The number of pyridine rings is 1. The third-order valence-corrected chi connectivity index (χ3v) is 6.16. The van der Waals surface area contributed by atoms with Gasteiger partial charge in [0.1, 0.15) is 5.82 Å². The average molecular weight is 421 g/mol. The van der Waals surface area contributed by atoms with Crippen LogP contribution in [-0.4, -0.2) is 47.9 Å². The summed E-state index contributed by atoms with van der Waals surface area (Å²) in [5, 5.41) is 3.46. The van der Waals surface area contributed by atoms with Crippen LogP contribution in [0.1, 0.15) is 36.5 Å². The number of aliphatic imine (C=N–C) groups is 1. The van der Waals surface area contributed by atoms with Gasteiger partial charge in [0, 0.05) is 44.5 Å². The largest absolute Gasteiger partial charge is 0.369 e. The number of primary amides is 1. The molecule has 4 rings (SSSR count). The minimum absolute atomic E-state index is 0.113. The molecule has 0 spiro atoms. The summed E-state index contributed by atoms with van der Waals surface area (Å²) in [6.45, 7) is 6.81. The van der Waals surface area contributed by atoms with Gasteiger partial charge in [-0.1, -0.05) is 30.3 Å². The molecule has 2 aliphatic heterocycles. The van der Waals surface area contributed by atoms with E-state index in [9.17, 15) is 4.79 Å². The van der Waals surface area contributed by atoms with Gasteiger partial charge in [0.2, 0.25) is 5.91 Å². The van der Waals surface area contributed by atoms with Crippen LogP contribution >= 0.6 is 0 Å². The van der Waals surface area contributed by atoms with Crippen molar-refractivity contribution in [2.45, 2.75) is 39.3 Å². The molecule has 1 amide bonds. The first-order valence-electron chi connectivity index (χ1n) is 11.2. The van der Waals surface area contributed by atoms with E-state index < -0.39 is 0 Å². The SMILES string of the molecule is CCNC(=NCc1cccnc1N1CCCC(C(N)=O)C1)N1CCc2ccccc2C1. The summed E-state index contributed by atoms with van der Waals surface area (Å²) >= 11 is 0. The summed E-state index contributed by atoms with van der Waals surface area (Å²) in [6.07, 6.45) is 4.64. The number of carbonyl (C=O) groups is 1. The number of anilines is 1. The number of hydrogen-bond acceptors (Lipinski definition) is 4. The van der Waals surface area contributed by atoms with E-state index in [1.165, 1.54) is 11.1 Å². The van der Waals surface area contributed by atoms with Gasteiger partial charge in [-0.15, -0.1) is 0 Å². The maximum atomic E-state index is 11.7. The fourth-order valence-electron chi connectivity index (χ4n) is 4.50. The quantitative estimate of drug-likeness (QED) is 0.573. The minimum Gasteiger partial charge on any atom is -0.369 e. The number of guanidine groups is 1. The van der Waals surface area contributed by atoms with E-state index in [2.05, 4.69) is 57.4 Å². The van der Waals surface area contributed by atoms with Gasteiger partial charge in [0.15, 0.2) is 5.96 Å². The molecule has 0 saturated carbocycles. The maximum absolute atomic E-state index is 11.7. The molecule has 7 heteroatoms. The second-order valence-electron chi connectivity index (χ2n) is 8.28. The van der Waals surface area contributed by atoms with Crippen LogP contribution in [0.25, 0.3) is 0 Å². The Morgan fingerprint density at radius 2 is 2.06 bits per heavy atom. The zero-order chi connectivity index (χ0) is 21.6. The number of hydrogen-bond donors (Lipinski definition) is 2.